The van der Waals surface area contributed by atoms with Crippen LogP contribution in [0.1, 0.15) is 37.0 Å². The third-order valence-corrected chi connectivity index (χ3v) is 7.20. The molecular formula is C14H19F2N3O5S2. The van der Waals surface area contributed by atoms with Gasteiger partial charge < -0.3 is 16.2 Å². The van der Waals surface area contributed by atoms with Gasteiger partial charge in [0.25, 0.3) is 27.8 Å². The van der Waals surface area contributed by atoms with Crippen LogP contribution in [0.2, 0.25) is 0 Å². The first-order valence-corrected chi connectivity index (χ1v) is 9.85. The van der Waals surface area contributed by atoms with Gasteiger partial charge in [0.15, 0.2) is 0 Å². The second-order valence-corrected chi connectivity index (χ2v) is 9.66. The first-order valence-electron chi connectivity index (χ1n) is 7.59. The molecule has 1 aromatic rings. The molecule has 2 heterocycles. The lowest BCUT2D eigenvalue weighted by atomic mass is 10.1. The fraction of sp³-hybridized carbons (Fsp3) is 0.571. The van der Waals surface area contributed by atoms with Gasteiger partial charge in [-0.25, -0.2) is 17.2 Å². The molecule has 0 aliphatic carbocycles. The number of thiophene rings is 1. The zero-order chi connectivity index (χ0) is 19.9. The number of hydrogen-bond acceptors (Lipinski definition) is 6. The molecule has 1 fully saturated rings. The van der Waals surface area contributed by atoms with Crippen molar-refractivity contribution < 1.29 is 31.9 Å². The monoisotopic (exact) mass is 411 g/mol. The Morgan fingerprint density at radius 3 is 2.35 bits per heavy atom. The quantitative estimate of drug-likeness (QED) is 0.665. The van der Waals surface area contributed by atoms with E-state index in [1.165, 1.54) is 13.8 Å². The molecule has 0 saturated carbocycles. The van der Waals surface area contributed by atoms with E-state index in [0.717, 1.165) is 10.4 Å². The molecule has 0 aromatic carbocycles. The van der Waals surface area contributed by atoms with Crippen molar-refractivity contribution >= 4 is 38.2 Å². The van der Waals surface area contributed by atoms with Gasteiger partial charge in [0.2, 0.25) is 0 Å². The number of sulfonamides is 1. The van der Waals surface area contributed by atoms with Crippen LogP contribution < -0.4 is 11.1 Å². The van der Waals surface area contributed by atoms with Crippen molar-refractivity contribution in [1.82, 2.24) is 4.31 Å². The molecule has 1 aliphatic rings. The van der Waals surface area contributed by atoms with Crippen LogP contribution in [0.15, 0.2) is 10.3 Å². The summed E-state index contributed by atoms with van der Waals surface area (Å²) in [6, 6.07) is 0.995. The van der Waals surface area contributed by atoms with Crippen molar-refractivity contribution in [1.29, 1.82) is 0 Å². The summed E-state index contributed by atoms with van der Waals surface area (Å²) < 4.78 is 52.4. The second-order valence-electron chi connectivity index (χ2n) is 6.45. The number of aliphatic hydroxyl groups is 1. The third kappa shape index (κ3) is 4.37. The van der Waals surface area contributed by atoms with Crippen molar-refractivity contribution in [3.63, 3.8) is 0 Å². The van der Waals surface area contributed by atoms with Gasteiger partial charge in [-0.1, -0.05) is 0 Å². The normalized spacial score (nSPS) is 18.5. The number of nitrogens with zero attached hydrogens (tertiary/aromatic N) is 1. The fourth-order valence-electron chi connectivity index (χ4n) is 2.21. The van der Waals surface area contributed by atoms with E-state index in [9.17, 15) is 31.9 Å². The van der Waals surface area contributed by atoms with Crippen molar-refractivity contribution in [2.75, 3.05) is 18.4 Å². The summed E-state index contributed by atoms with van der Waals surface area (Å²) in [4.78, 5) is 23.5. The van der Waals surface area contributed by atoms with E-state index in [1.54, 1.807) is 0 Å². The second kappa shape index (κ2) is 6.83. The highest BCUT2D eigenvalue weighted by Crippen LogP contribution is 2.36. The van der Waals surface area contributed by atoms with Crippen LogP contribution in [0.5, 0.6) is 0 Å². The minimum atomic E-state index is -4.12. The molecule has 26 heavy (non-hydrogen) atoms. The average Bonchev–Trinajstić information content (AvgIpc) is 2.90. The summed E-state index contributed by atoms with van der Waals surface area (Å²) >= 11 is 0.572. The van der Waals surface area contributed by atoms with Gasteiger partial charge in [0.05, 0.1) is 5.56 Å². The number of nitrogens with two attached hydrogens (primary N) is 1. The number of anilines is 1. The highest BCUT2D eigenvalue weighted by molar-refractivity contribution is 7.91. The van der Waals surface area contributed by atoms with Crippen LogP contribution in [-0.4, -0.2) is 54.3 Å². The van der Waals surface area contributed by atoms with Crippen LogP contribution in [0.25, 0.3) is 0 Å². The van der Waals surface area contributed by atoms with Gasteiger partial charge in [-0.2, -0.15) is 4.31 Å². The Bertz CT molecular complexity index is 820. The standard InChI is InChI=1S/C14H19F2N3O5S2/c1-13(2,22)12(21)18-11-8(10(17)20)7-9(25-11)26(23,24)19-5-3-14(15,16)4-6-19/h7,22H,3-6H2,1-2H3,(H2,17,20)(H,18,21). The zero-order valence-corrected chi connectivity index (χ0v) is 15.7. The molecule has 12 heteroatoms. The number of hydrogen-bond donors (Lipinski definition) is 3. The van der Waals surface area contributed by atoms with Crippen molar-refractivity contribution in [3.8, 4) is 0 Å². The van der Waals surface area contributed by atoms with E-state index in [0.29, 0.717) is 11.3 Å². The Labute approximate surface area is 153 Å². The molecule has 8 nitrogen and oxygen atoms in total. The summed E-state index contributed by atoms with van der Waals surface area (Å²) in [6.07, 6.45) is -1.19. The summed E-state index contributed by atoms with van der Waals surface area (Å²) in [5.74, 6) is -4.74. The first kappa shape index (κ1) is 20.7. The van der Waals surface area contributed by atoms with E-state index in [1.807, 2.05) is 0 Å². The Hall–Kier alpha value is -1.63. The van der Waals surface area contributed by atoms with Gasteiger partial charge in [-0.3, -0.25) is 9.59 Å². The Kier molecular flexibility index (Phi) is 5.43. The maximum absolute atomic E-state index is 13.2. The highest BCUT2D eigenvalue weighted by atomic mass is 32.2. The fourth-order valence-corrected chi connectivity index (χ4v) is 5.17. The van der Waals surface area contributed by atoms with Crippen LogP contribution in [0, 0.1) is 0 Å². The van der Waals surface area contributed by atoms with Crippen molar-refractivity contribution in [2.24, 2.45) is 5.73 Å². The average molecular weight is 411 g/mol. The number of carbonyl (C=O) groups is 2. The first-order chi connectivity index (χ1) is 11.7. The summed E-state index contributed by atoms with van der Waals surface area (Å²) in [6.45, 7) is 1.71. The highest BCUT2D eigenvalue weighted by Gasteiger charge is 2.39. The Balaban J connectivity index is 2.34. The predicted octanol–water partition coefficient (Wildman–Crippen LogP) is 0.976. The summed E-state index contributed by atoms with van der Waals surface area (Å²) in [5.41, 5.74) is 3.21. The lowest BCUT2D eigenvalue weighted by Crippen LogP contribution is -2.42. The van der Waals surface area contributed by atoms with Crippen LogP contribution >= 0.6 is 11.3 Å². The molecule has 1 saturated heterocycles. The zero-order valence-electron chi connectivity index (χ0n) is 14.1. The molecule has 2 amide bonds. The van der Waals surface area contributed by atoms with E-state index in [-0.39, 0.29) is 27.9 Å². The van der Waals surface area contributed by atoms with Crippen molar-refractivity contribution in [2.45, 2.75) is 42.4 Å². The molecule has 1 aliphatic heterocycles. The maximum Gasteiger partial charge on any atom is 0.256 e. The van der Waals surface area contributed by atoms with Gasteiger partial charge in [-0.05, 0) is 19.9 Å². The predicted molar refractivity (Wildman–Crippen MR) is 90.7 cm³/mol. The number of amides is 2. The molecule has 2 rings (SSSR count). The number of rotatable bonds is 5. The molecule has 1 aromatic heterocycles. The molecule has 0 spiro atoms. The Morgan fingerprint density at radius 2 is 1.88 bits per heavy atom. The SMILES string of the molecule is CC(C)(O)C(=O)Nc1sc(S(=O)(=O)N2CCC(F)(F)CC2)cc1C(N)=O. The van der Waals surface area contributed by atoms with Gasteiger partial charge in [-0.15, -0.1) is 11.3 Å². The summed E-state index contributed by atoms with van der Waals surface area (Å²) in [5, 5.41) is 11.8. The van der Waals surface area contributed by atoms with Gasteiger partial charge >= 0.3 is 0 Å². The molecule has 146 valence electrons. The van der Waals surface area contributed by atoms with Gasteiger partial charge in [0, 0.05) is 25.9 Å². The van der Waals surface area contributed by atoms with Crippen LogP contribution in [0.3, 0.4) is 0 Å². The number of primary amides is 1. The number of carbonyl (C=O) groups excluding carboxylic acids is 2. The molecule has 0 atom stereocenters. The lowest BCUT2D eigenvalue weighted by Gasteiger charge is -2.30. The molecule has 0 bridgehead atoms. The van der Waals surface area contributed by atoms with Crippen LogP contribution in [0.4, 0.5) is 13.8 Å². The molecular weight excluding hydrogens is 392 g/mol. The molecule has 0 radical (unpaired) electrons. The number of alkyl halides is 2. The lowest BCUT2D eigenvalue weighted by molar-refractivity contribution is -0.130. The van der Waals surface area contributed by atoms with E-state index < -0.39 is 46.2 Å². The molecule has 4 N–H and O–H groups in total. The largest absolute Gasteiger partial charge is 0.381 e. The number of nitrogens with one attached hydrogen (secondary N) is 1. The Morgan fingerprint density at radius 1 is 1.35 bits per heavy atom. The van der Waals surface area contributed by atoms with Gasteiger partial charge in [0.1, 0.15) is 14.8 Å². The minimum Gasteiger partial charge on any atom is -0.381 e. The topological polar surface area (TPSA) is 130 Å². The number of halogens is 2. The van der Waals surface area contributed by atoms with E-state index in [4.69, 9.17) is 5.73 Å². The third-order valence-electron chi connectivity index (χ3n) is 3.81. The van der Waals surface area contributed by atoms with Crippen molar-refractivity contribution in [3.05, 3.63) is 11.6 Å². The van der Waals surface area contributed by atoms with E-state index in [2.05, 4.69) is 5.32 Å². The maximum atomic E-state index is 13.2. The van der Waals surface area contributed by atoms with E-state index >= 15 is 0 Å². The summed E-state index contributed by atoms with van der Waals surface area (Å²) in [7, 11) is -4.12. The smallest absolute Gasteiger partial charge is 0.256 e. The number of piperidine rings is 1. The minimum absolute atomic E-state index is 0.134. The van der Waals surface area contributed by atoms with Crippen LogP contribution in [-0.2, 0) is 14.8 Å². The molecule has 0 unspecified atom stereocenters.